The summed E-state index contributed by atoms with van der Waals surface area (Å²) in [5, 5.41) is 3.12. The lowest BCUT2D eigenvalue weighted by molar-refractivity contribution is 0.0942. The minimum Gasteiger partial charge on any atom is -0.497 e. The second kappa shape index (κ2) is 7.47. The van der Waals surface area contributed by atoms with Gasteiger partial charge in [0, 0.05) is 5.56 Å². The van der Waals surface area contributed by atoms with Gasteiger partial charge in [-0.2, -0.15) is 0 Å². The fraction of sp³-hybridized carbons (Fsp3) is 0.0952. The predicted molar refractivity (Wildman–Crippen MR) is 95.2 cm³/mol. The lowest BCUT2D eigenvalue weighted by atomic mass is 9.98. The SMILES string of the molecule is COc1cccc(C(=O)NC(c2ccccc2)c2ccccc2)c1. The molecular formula is C21H19NO2. The van der Waals surface area contributed by atoms with Crippen molar-refractivity contribution in [2.24, 2.45) is 0 Å². The van der Waals surface area contributed by atoms with Gasteiger partial charge in [-0.05, 0) is 29.3 Å². The third-order valence-electron chi connectivity index (χ3n) is 3.87. The molecule has 3 rings (SSSR count). The van der Waals surface area contributed by atoms with Crippen LogP contribution in [-0.2, 0) is 0 Å². The molecule has 0 aliphatic carbocycles. The molecule has 0 aromatic heterocycles. The molecule has 0 bridgehead atoms. The fourth-order valence-electron chi connectivity index (χ4n) is 2.63. The number of hydrogen-bond acceptors (Lipinski definition) is 2. The van der Waals surface area contributed by atoms with Crippen LogP contribution in [0.2, 0.25) is 0 Å². The summed E-state index contributed by atoms with van der Waals surface area (Å²) in [5.74, 6) is 0.533. The number of benzene rings is 3. The largest absolute Gasteiger partial charge is 0.497 e. The molecule has 0 fully saturated rings. The van der Waals surface area contributed by atoms with E-state index in [-0.39, 0.29) is 11.9 Å². The lowest BCUT2D eigenvalue weighted by Gasteiger charge is -2.20. The normalized spacial score (nSPS) is 10.4. The zero-order valence-electron chi connectivity index (χ0n) is 13.5. The van der Waals surface area contributed by atoms with Gasteiger partial charge in [0.05, 0.1) is 13.2 Å². The molecule has 0 saturated heterocycles. The summed E-state index contributed by atoms with van der Waals surface area (Å²) in [6.45, 7) is 0. The summed E-state index contributed by atoms with van der Waals surface area (Å²) >= 11 is 0. The highest BCUT2D eigenvalue weighted by atomic mass is 16.5. The highest BCUT2D eigenvalue weighted by Gasteiger charge is 2.17. The molecule has 0 saturated carbocycles. The first-order chi connectivity index (χ1) is 11.8. The monoisotopic (exact) mass is 317 g/mol. The molecule has 0 aliphatic rings. The molecule has 120 valence electrons. The van der Waals surface area contributed by atoms with E-state index >= 15 is 0 Å². The summed E-state index contributed by atoms with van der Waals surface area (Å²) in [4.78, 5) is 12.7. The van der Waals surface area contributed by atoms with Gasteiger partial charge in [-0.15, -0.1) is 0 Å². The van der Waals surface area contributed by atoms with Crippen LogP contribution in [0.15, 0.2) is 84.9 Å². The highest BCUT2D eigenvalue weighted by Crippen LogP contribution is 2.23. The van der Waals surface area contributed by atoms with E-state index in [0.29, 0.717) is 11.3 Å². The van der Waals surface area contributed by atoms with E-state index in [9.17, 15) is 4.79 Å². The van der Waals surface area contributed by atoms with E-state index in [1.807, 2.05) is 72.8 Å². The van der Waals surface area contributed by atoms with Gasteiger partial charge in [-0.1, -0.05) is 66.7 Å². The second-order valence-corrected chi connectivity index (χ2v) is 5.46. The van der Waals surface area contributed by atoms with Crippen LogP contribution in [0.3, 0.4) is 0 Å². The van der Waals surface area contributed by atoms with Gasteiger partial charge >= 0.3 is 0 Å². The number of methoxy groups -OCH3 is 1. The second-order valence-electron chi connectivity index (χ2n) is 5.46. The number of ether oxygens (including phenoxy) is 1. The van der Waals surface area contributed by atoms with Crippen LogP contribution >= 0.6 is 0 Å². The van der Waals surface area contributed by atoms with E-state index in [1.165, 1.54) is 0 Å². The lowest BCUT2D eigenvalue weighted by Crippen LogP contribution is -2.29. The van der Waals surface area contributed by atoms with Crippen LogP contribution in [-0.4, -0.2) is 13.0 Å². The quantitative estimate of drug-likeness (QED) is 0.765. The van der Waals surface area contributed by atoms with Crippen molar-refractivity contribution in [1.29, 1.82) is 0 Å². The van der Waals surface area contributed by atoms with Crippen LogP contribution in [0.1, 0.15) is 27.5 Å². The number of carbonyl (C=O) groups is 1. The van der Waals surface area contributed by atoms with Gasteiger partial charge in [-0.3, -0.25) is 4.79 Å². The maximum atomic E-state index is 12.7. The van der Waals surface area contributed by atoms with Gasteiger partial charge in [0.15, 0.2) is 0 Å². The van der Waals surface area contributed by atoms with Crippen LogP contribution in [0.25, 0.3) is 0 Å². The number of carbonyl (C=O) groups excluding carboxylic acids is 1. The Balaban J connectivity index is 1.91. The third-order valence-corrected chi connectivity index (χ3v) is 3.87. The molecule has 0 aliphatic heterocycles. The van der Waals surface area contributed by atoms with E-state index in [0.717, 1.165) is 11.1 Å². The standard InChI is InChI=1S/C21H19NO2/c1-24-19-14-8-13-18(15-19)21(23)22-20(16-9-4-2-5-10-16)17-11-6-3-7-12-17/h2-15,20H,1H3,(H,22,23). The average Bonchev–Trinajstić information content (AvgIpc) is 2.67. The summed E-state index contributed by atoms with van der Waals surface area (Å²) in [6, 6.07) is 26.9. The molecule has 0 spiro atoms. The molecule has 1 amide bonds. The van der Waals surface area contributed by atoms with Crippen molar-refractivity contribution in [1.82, 2.24) is 5.32 Å². The Morgan fingerprint density at radius 2 is 1.42 bits per heavy atom. The minimum atomic E-state index is -0.203. The van der Waals surface area contributed by atoms with Gasteiger partial charge in [0.1, 0.15) is 5.75 Å². The van der Waals surface area contributed by atoms with Crippen molar-refractivity contribution in [2.45, 2.75) is 6.04 Å². The predicted octanol–water partition coefficient (Wildman–Crippen LogP) is 4.21. The Morgan fingerprint density at radius 3 is 1.96 bits per heavy atom. The zero-order valence-corrected chi connectivity index (χ0v) is 13.5. The van der Waals surface area contributed by atoms with Crippen LogP contribution in [0.5, 0.6) is 5.75 Å². The minimum absolute atomic E-state index is 0.133. The summed E-state index contributed by atoms with van der Waals surface area (Å²) in [5.41, 5.74) is 2.66. The molecule has 1 N–H and O–H groups in total. The van der Waals surface area contributed by atoms with Crippen molar-refractivity contribution in [2.75, 3.05) is 7.11 Å². The molecule has 3 aromatic carbocycles. The van der Waals surface area contributed by atoms with Crippen molar-refractivity contribution in [3.63, 3.8) is 0 Å². The molecule has 0 radical (unpaired) electrons. The van der Waals surface area contributed by atoms with Crippen molar-refractivity contribution in [3.8, 4) is 5.75 Å². The van der Waals surface area contributed by atoms with Crippen molar-refractivity contribution < 1.29 is 9.53 Å². The first-order valence-corrected chi connectivity index (χ1v) is 7.83. The van der Waals surface area contributed by atoms with E-state index in [4.69, 9.17) is 4.74 Å². The zero-order chi connectivity index (χ0) is 16.8. The van der Waals surface area contributed by atoms with Gasteiger partial charge in [0.2, 0.25) is 0 Å². The van der Waals surface area contributed by atoms with Crippen molar-refractivity contribution in [3.05, 3.63) is 102 Å². The Hall–Kier alpha value is -3.07. The van der Waals surface area contributed by atoms with Gasteiger partial charge in [-0.25, -0.2) is 0 Å². The smallest absolute Gasteiger partial charge is 0.252 e. The maximum absolute atomic E-state index is 12.7. The maximum Gasteiger partial charge on any atom is 0.252 e. The summed E-state index contributed by atoms with van der Waals surface area (Å²) in [7, 11) is 1.59. The molecule has 0 atom stereocenters. The topological polar surface area (TPSA) is 38.3 Å². The number of hydrogen-bond donors (Lipinski definition) is 1. The Labute approximate surface area is 141 Å². The third kappa shape index (κ3) is 3.63. The molecule has 3 heteroatoms. The fourth-order valence-corrected chi connectivity index (χ4v) is 2.63. The Morgan fingerprint density at radius 1 is 0.833 bits per heavy atom. The van der Waals surface area contributed by atoms with Gasteiger partial charge in [0.25, 0.3) is 5.91 Å². The Bertz CT molecular complexity index is 761. The van der Waals surface area contributed by atoms with Gasteiger partial charge < -0.3 is 10.1 Å². The first-order valence-electron chi connectivity index (χ1n) is 7.83. The number of rotatable bonds is 5. The summed E-state index contributed by atoms with van der Waals surface area (Å²) in [6.07, 6.45) is 0. The van der Waals surface area contributed by atoms with Crippen LogP contribution in [0.4, 0.5) is 0 Å². The van der Waals surface area contributed by atoms with E-state index in [1.54, 1.807) is 19.2 Å². The molecule has 0 heterocycles. The van der Waals surface area contributed by atoms with Crippen molar-refractivity contribution >= 4 is 5.91 Å². The summed E-state index contributed by atoms with van der Waals surface area (Å²) < 4.78 is 5.20. The average molecular weight is 317 g/mol. The van der Waals surface area contributed by atoms with E-state index in [2.05, 4.69) is 5.32 Å². The molecule has 3 nitrogen and oxygen atoms in total. The molecular weight excluding hydrogens is 298 g/mol. The van der Waals surface area contributed by atoms with E-state index < -0.39 is 0 Å². The number of nitrogens with one attached hydrogen (secondary N) is 1. The van der Waals surface area contributed by atoms with Crippen LogP contribution in [0, 0.1) is 0 Å². The highest BCUT2D eigenvalue weighted by molar-refractivity contribution is 5.95. The molecule has 24 heavy (non-hydrogen) atoms. The number of amides is 1. The molecule has 3 aromatic rings. The Kier molecular flexibility index (Phi) is 4.92. The van der Waals surface area contributed by atoms with Crippen LogP contribution < -0.4 is 10.1 Å². The first kappa shape index (κ1) is 15.8. The molecule has 0 unspecified atom stereocenters.